The molecule has 2 heterocycles. The number of pyridine rings is 1. The van der Waals surface area contributed by atoms with Crippen LogP contribution in [0.2, 0.25) is 0 Å². The third kappa shape index (κ3) is 2.31. The van der Waals surface area contributed by atoms with Crippen molar-refractivity contribution < 1.29 is 8.78 Å². The van der Waals surface area contributed by atoms with Gasteiger partial charge >= 0.3 is 0 Å². The molecule has 0 radical (unpaired) electrons. The molecule has 3 N–H and O–H groups in total. The van der Waals surface area contributed by atoms with Crippen LogP contribution in [0.3, 0.4) is 0 Å². The van der Waals surface area contributed by atoms with Crippen molar-refractivity contribution in [2.75, 3.05) is 22.6 Å². The van der Waals surface area contributed by atoms with Crippen LogP contribution < -0.4 is 11.1 Å². The predicted octanol–water partition coefficient (Wildman–Crippen LogP) is 1.86. The van der Waals surface area contributed by atoms with E-state index < -0.39 is 11.6 Å². The third-order valence-electron chi connectivity index (χ3n) is 2.23. The van der Waals surface area contributed by atoms with E-state index in [0.717, 1.165) is 24.0 Å². The summed E-state index contributed by atoms with van der Waals surface area (Å²) in [6.45, 7) is 0. The normalized spacial score (nSPS) is 20.5. The number of aromatic nitrogens is 1. The van der Waals surface area contributed by atoms with Crippen molar-refractivity contribution >= 4 is 23.4 Å². The highest BCUT2D eigenvalue weighted by molar-refractivity contribution is 7.99. The van der Waals surface area contributed by atoms with Crippen molar-refractivity contribution in [2.45, 2.75) is 12.5 Å². The molecule has 0 aromatic carbocycles. The molecule has 82 valence electrons. The maximum atomic E-state index is 13.3. The molecule has 0 saturated carbocycles. The van der Waals surface area contributed by atoms with Crippen molar-refractivity contribution in [2.24, 2.45) is 0 Å². The summed E-state index contributed by atoms with van der Waals surface area (Å²) >= 11 is 1.80. The van der Waals surface area contributed by atoms with Gasteiger partial charge in [0, 0.05) is 17.9 Å². The summed E-state index contributed by atoms with van der Waals surface area (Å²) in [5.74, 6) is 0.220. The minimum Gasteiger partial charge on any atom is -0.381 e. The lowest BCUT2D eigenvalue weighted by Gasteiger charge is -2.12. The van der Waals surface area contributed by atoms with Crippen molar-refractivity contribution in [1.82, 2.24) is 4.98 Å². The molecule has 1 fully saturated rings. The zero-order chi connectivity index (χ0) is 10.8. The van der Waals surface area contributed by atoms with Crippen molar-refractivity contribution in [3.63, 3.8) is 0 Å². The summed E-state index contributed by atoms with van der Waals surface area (Å²) in [5.41, 5.74) is 5.27. The van der Waals surface area contributed by atoms with E-state index in [1.54, 1.807) is 11.8 Å². The molecular formula is C9H11F2N3S. The zero-order valence-electron chi connectivity index (χ0n) is 7.96. The molecule has 2 rings (SSSR count). The molecule has 0 aliphatic carbocycles. The number of nitrogens with one attached hydrogen (secondary N) is 1. The summed E-state index contributed by atoms with van der Waals surface area (Å²) in [5, 5.41) is 2.92. The topological polar surface area (TPSA) is 50.9 Å². The molecule has 1 aromatic heterocycles. The van der Waals surface area contributed by atoms with Gasteiger partial charge in [0.25, 0.3) is 0 Å². The van der Waals surface area contributed by atoms with E-state index in [9.17, 15) is 8.78 Å². The summed E-state index contributed by atoms with van der Waals surface area (Å²) < 4.78 is 26.1. The monoisotopic (exact) mass is 231 g/mol. The molecule has 1 unspecified atom stereocenters. The van der Waals surface area contributed by atoms with Crippen LogP contribution >= 0.6 is 11.8 Å². The van der Waals surface area contributed by atoms with E-state index in [2.05, 4.69) is 10.3 Å². The molecule has 1 aromatic rings. The number of hydrogen-bond donors (Lipinski definition) is 2. The van der Waals surface area contributed by atoms with Gasteiger partial charge in [-0.3, -0.25) is 0 Å². The highest BCUT2D eigenvalue weighted by Gasteiger charge is 2.18. The van der Waals surface area contributed by atoms with Gasteiger partial charge < -0.3 is 11.1 Å². The number of anilines is 2. The molecule has 0 bridgehead atoms. The average molecular weight is 231 g/mol. The molecular weight excluding hydrogens is 220 g/mol. The Kier molecular flexibility index (Phi) is 2.95. The highest BCUT2D eigenvalue weighted by Crippen LogP contribution is 2.23. The Labute approximate surface area is 90.4 Å². The fraction of sp³-hybridized carbons (Fsp3) is 0.444. The Morgan fingerprint density at radius 1 is 1.47 bits per heavy atom. The first-order valence-corrected chi connectivity index (χ1v) is 5.78. The number of hydrogen-bond acceptors (Lipinski definition) is 4. The van der Waals surface area contributed by atoms with Crippen LogP contribution in [-0.4, -0.2) is 22.5 Å². The highest BCUT2D eigenvalue weighted by atomic mass is 32.2. The molecule has 3 nitrogen and oxygen atoms in total. The van der Waals surface area contributed by atoms with Gasteiger partial charge in [-0.15, -0.1) is 0 Å². The van der Waals surface area contributed by atoms with Crippen LogP contribution in [0.4, 0.5) is 20.4 Å². The van der Waals surface area contributed by atoms with Crippen LogP contribution in [0.15, 0.2) is 6.07 Å². The molecule has 1 aliphatic rings. The van der Waals surface area contributed by atoms with Gasteiger partial charge in [-0.1, -0.05) is 0 Å². The largest absolute Gasteiger partial charge is 0.381 e. The lowest BCUT2D eigenvalue weighted by Crippen LogP contribution is -2.20. The van der Waals surface area contributed by atoms with Gasteiger partial charge in [-0.25, -0.2) is 13.8 Å². The van der Waals surface area contributed by atoms with Crippen LogP contribution in [0.25, 0.3) is 0 Å². The molecule has 1 atom stereocenters. The first kappa shape index (κ1) is 10.5. The second kappa shape index (κ2) is 4.22. The second-order valence-electron chi connectivity index (χ2n) is 3.39. The minimum absolute atomic E-state index is 0.0430. The van der Waals surface area contributed by atoms with Crippen LogP contribution in [-0.2, 0) is 0 Å². The number of halogens is 2. The van der Waals surface area contributed by atoms with Gasteiger partial charge in [0.1, 0.15) is 0 Å². The van der Waals surface area contributed by atoms with Gasteiger partial charge in [0.15, 0.2) is 23.3 Å². The van der Waals surface area contributed by atoms with Gasteiger partial charge in [0.05, 0.1) is 0 Å². The summed E-state index contributed by atoms with van der Waals surface area (Å²) in [6.07, 6.45) is 0.961. The Hall–Kier alpha value is -1.04. The number of thioether (sulfide) groups is 1. The number of nitrogen functional groups attached to an aromatic ring is 1. The van der Waals surface area contributed by atoms with Crippen LogP contribution in [0.1, 0.15) is 6.42 Å². The number of nitrogens with two attached hydrogens (primary N) is 1. The maximum Gasteiger partial charge on any atom is 0.168 e. The minimum atomic E-state index is -0.821. The van der Waals surface area contributed by atoms with Gasteiger partial charge in [0.2, 0.25) is 0 Å². The smallest absolute Gasteiger partial charge is 0.168 e. The third-order valence-corrected chi connectivity index (χ3v) is 3.39. The Morgan fingerprint density at radius 2 is 2.27 bits per heavy atom. The molecule has 1 aliphatic heterocycles. The van der Waals surface area contributed by atoms with Crippen molar-refractivity contribution in [3.8, 4) is 0 Å². The zero-order valence-corrected chi connectivity index (χ0v) is 8.78. The summed E-state index contributed by atoms with van der Waals surface area (Å²) in [4.78, 5) is 3.64. The maximum absolute atomic E-state index is 13.3. The molecule has 0 spiro atoms. The summed E-state index contributed by atoms with van der Waals surface area (Å²) in [6, 6.07) is 0.953. The Balaban J connectivity index is 2.16. The van der Waals surface area contributed by atoms with Crippen LogP contribution in [0.5, 0.6) is 0 Å². The second-order valence-corrected chi connectivity index (χ2v) is 4.54. The standard InChI is InChI=1S/C9H11F2N3S/c10-6-3-7(11)9(14-8(6)12)13-5-1-2-15-4-5/h3,5H,1-2,4H2,(H3,12,13,14). The number of nitrogens with zero attached hydrogens (tertiary/aromatic N) is 1. The van der Waals surface area contributed by atoms with Crippen LogP contribution in [0, 0.1) is 11.6 Å². The fourth-order valence-electron chi connectivity index (χ4n) is 1.42. The molecule has 0 amide bonds. The van der Waals surface area contributed by atoms with Crippen molar-refractivity contribution in [3.05, 3.63) is 17.7 Å². The lowest BCUT2D eigenvalue weighted by molar-refractivity contribution is 0.577. The van der Waals surface area contributed by atoms with E-state index in [1.165, 1.54) is 0 Å². The predicted molar refractivity (Wildman–Crippen MR) is 57.9 cm³/mol. The lowest BCUT2D eigenvalue weighted by atomic mass is 10.2. The first-order chi connectivity index (χ1) is 7.16. The molecule has 6 heteroatoms. The summed E-state index contributed by atoms with van der Waals surface area (Å²) in [7, 11) is 0. The Bertz CT molecular complexity index is 367. The van der Waals surface area contributed by atoms with E-state index in [4.69, 9.17) is 5.73 Å². The average Bonchev–Trinajstić information content (AvgIpc) is 2.67. The Morgan fingerprint density at radius 3 is 2.93 bits per heavy atom. The SMILES string of the molecule is Nc1nc(NC2CCSC2)c(F)cc1F. The van der Waals surface area contributed by atoms with E-state index in [0.29, 0.717) is 0 Å². The number of rotatable bonds is 2. The first-order valence-electron chi connectivity index (χ1n) is 4.62. The molecule has 15 heavy (non-hydrogen) atoms. The van der Waals surface area contributed by atoms with Gasteiger partial charge in [-0.2, -0.15) is 11.8 Å². The fourth-order valence-corrected chi connectivity index (χ4v) is 2.58. The molecule has 1 saturated heterocycles. The van der Waals surface area contributed by atoms with E-state index in [1.807, 2.05) is 0 Å². The van der Waals surface area contributed by atoms with Gasteiger partial charge in [-0.05, 0) is 12.2 Å². The quantitative estimate of drug-likeness (QED) is 0.815. The van der Waals surface area contributed by atoms with E-state index >= 15 is 0 Å². The van der Waals surface area contributed by atoms with E-state index in [-0.39, 0.29) is 17.7 Å². The van der Waals surface area contributed by atoms with Crippen molar-refractivity contribution in [1.29, 1.82) is 0 Å².